The highest BCUT2D eigenvalue weighted by molar-refractivity contribution is 7.18. The lowest BCUT2D eigenvalue weighted by Crippen LogP contribution is -2.69. The zero-order valence-corrected chi connectivity index (χ0v) is 27.2. The highest BCUT2D eigenvalue weighted by atomic mass is 28.3. The first-order valence-corrected chi connectivity index (χ1v) is 18.7. The first-order chi connectivity index (χ1) is 20.7. The third kappa shape index (κ3) is 10.4. The van der Waals surface area contributed by atoms with Gasteiger partial charge < -0.3 is 4.74 Å². The van der Waals surface area contributed by atoms with E-state index in [2.05, 4.69) is 86.3 Å². The van der Waals surface area contributed by atoms with Gasteiger partial charge >= 0.3 is 5.97 Å². The maximum absolute atomic E-state index is 13.6. The third-order valence-electron chi connectivity index (χ3n) is 8.55. The van der Waals surface area contributed by atoms with Crippen molar-refractivity contribution in [3.8, 4) is 0 Å². The Morgan fingerprint density at radius 1 is 0.524 bits per heavy atom. The van der Waals surface area contributed by atoms with Gasteiger partial charge in [0.2, 0.25) is 0 Å². The molecule has 42 heavy (non-hydrogen) atoms. The van der Waals surface area contributed by atoms with E-state index in [1.54, 1.807) is 0 Å². The lowest BCUT2D eigenvalue weighted by molar-refractivity contribution is -0.138. The van der Waals surface area contributed by atoms with Crippen LogP contribution in [0.3, 0.4) is 0 Å². The van der Waals surface area contributed by atoms with Crippen LogP contribution in [-0.2, 0) is 9.53 Å². The van der Waals surface area contributed by atoms with Gasteiger partial charge in [0, 0.05) is 5.20 Å². The number of hydrogen-bond donors (Lipinski definition) is 0. The summed E-state index contributed by atoms with van der Waals surface area (Å²) in [6.07, 6.45) is 21.3. The molecule has 0 N–H and O–H groups in total. The van der Waals surface area contributed by atoms with E-state index < -0.39 is 8.07 Å². The predicted octanol–water partition coefficient (Wildman–Crippen LogP) is 9.06. The maximum atomic E-state index is 13.6. The summed E-state index contributed by atoms with van der Waals surface area (Å²) in [5, 5.41) is 4.02. The van der Waals surface area contributed by atoms with Crippen LogP contribution in [0.15, 0.2) is 103 Å². The van der Waals surface area contributed by atoms with Crippen LogP contribution in [0, 0.1) is 0 Å². The number of rotatable bonds is 22. The van der Waals surface area contributed by atoms with Gasteiger partial charge in [-0.2, -0.15) is 0 Å². The lowest BCUT2D eigenvalue weighted by atomic mass is 10.0. The Morgan fingerprint density at radius 3 is 1.17 bits per heavy atom. The molecule has 0 heterocycles. The Hall–Kier alpha value is -2.91. The van der Waals surface area contributed by atoms with Crippen molar-refractivity contribution in [2.45, 2.75) is 110 Å². The van der Waals surface area contributed by atoms with Crippen LogP contribution < -0.4 is 15.6 Å². The first kappa shape index (κ1) is 33.6. The second kappa shape index (κ2) is 20.1. The minimum Gasteiger partial charge on any atom is -0.463 e. The van der Waals surface area contributed by atoms with Gasteiger partial charge in [-0.15, -0.1) is 0 Å². The summed E-state index contributed by atoms with van der Waals surface area (Å²) in [6.45, 7) is 7.18. The molecular formula is C39H54O2Si. The molecule has 0 spiro atoms. The van der Waals surface area contributed by atoms with Crippen molar-refractivity contribution >= 4 is 29.6 Å². The topological polar surface area (TPSA) is 26.3 Å². The van der Waals surface area contributed by atoms with E-state index in [4.69, 9.17) is 4.74 Å². The molecule has 3 aromatic rings. The molecule has 0 fully saturated rings. The van der Waals surface area contributed by atoms with E-state index in [0.717, 1.165) is 28.4 Å². The highest BCUT2D eigenvalue weighted by Gasteiger charge is 2.45. The molecule has 0 aromatic heterocycles. The fourth-order valence-electron chi connectivity index (χ4n) is 6.14. The van der Waals surface area contributed by atoms with Crippen molar-refractivity contribution < 1.29 is 9.53 Å². The average molecular weight is 583 g/mol. The van der Waals surface area contributed by atoms with E-state index in [0.29, 0.717) is 11.8 Å². The molecule has 0 saturated heterocycles. The molecule has 0 unspecified atom stereocenters. The van der Waals surface area contributed by atoms with Gasteiger partial charge in [0.25, 0.3) is 0 Å². The molecule has 3 heteroatoms. The van der Waals surface area contributed by atoms with Gasteiger partial charge in [-0.05, 0) is 22.0 Å². The summed E-state index contributed by atoms with van der Waals surface area (Å²) in [4.78, 5) is 13.6. The van der Waals surface area contributed by atoms with Gasteiger partial charge in [-0.3, -0.25) is 0 Å². The Morgan fingerprint density at radius 2 is 0.833 bits per heavy atom. The summed E-state index contributed by atoms with van der Waals surface area (Å²) < 4.78 is 5.89. The number of ether oxygens (including phenoxy) is 1. The fourth-order valence-corrected chi connectivity index (χ4v) is 10.6. The van der Waals surface area contributed by atoms with Crippen LogP contribution in [-0.4, -0.2) is 20.7 Å². The van der Waals surface area contributed by atoms with Crippen molar-refractivity contribution in [3.05, 3.63) is 103 Å². The number of esters is 1. The molecule has 0 radical (unpaired) electrons. The molecule has 0 aliphatic rings. The smallest absolute Gasteiger partial charge is 0.330 e. The summed E-state index contributed by atoms with van der Waals surface area (Å²) in [7, 11) is -2.87. The quantitative estimate of drug-likeness (QED) is 0.0388. The molecule has 2 nitrogen and oxygen atoms in total. The monoisotopic (exact) mass is 582 g/mol. The molecule has 226 valence electrons. The van der Waals surface area contributed by atoms with Crippen LogP contribution >= 0.6 is 0 Å². The van der Waals surface area contributed by atoms with E-state index in [-0.39, 0.29) is 5.97 Å². The van der Waals surface area contributed by atoms with Crippen molar-refractivity contribution in [2.75, 3.05) is 6.61 Å². The van der Waals surface area contributed by atoms with E-state index in [1.807, 2.05) is 18.2 Å². The SMILES string of the molecule is C=C(C(=O)OCCCCCCCCCCCCCCCCCC)[Si](c1ccccc1)(c1ccccc1)c1ccccc1. The lowest BCUT2D eigenvalue weighted by Gasteiger charge is -2.34. The van der Waals surface area contributed by atoms with E-state index >= 15 is 0 Å². The van der Waals surface area contributed by atoms with Gasteiger partial charge in [-0.1, -0.05) is 201 Å². The Bertz CT molecular complexity index is 1030. The molecule has 3 rings (SSSR count). The standard InChI is InChI=1S/C39H54O2Si/c1-3-4-5-6-7-8-9-10-11-12-13-14-15-16-17-27-34-41-39(40)35(2)42(36-28-21-18-22-29-36,37-30-23-19-24-31-37)38-32-25-20-26-33-38/h18-26,28-33H,2-17,27,34H2,1H3. The largest absolute Gasteiger partial charge is 0.463 e. The van der Waals surface area contributed by atoms with Gasteiger partial charge in [0.05, 0.1) is 6.61 Å². The second-order valence-electron chi connectivity index (χ2n) is 11.8. The Labute approximate surface area is 257 Å². The van der Waals surface area contributed by atoms with Crippen molar-refractivity contribution in [1.82, 2.24) is 0 Å². The molecule has 0 aliphatic carbocycles. The summed E-state index contributed by atoms with van der Waals surface area (Å²) >= 11 is 0. The summed E-state index contributed by atoms with van der Waals surface area (Å²) in [5.41, 5.74) is 0. The normalized spacial score (nSPS) is 11.4. The zero-order chi connectivity index (χ0) is 29.7. The highest BCUT2D eigenvalue weighted by Crippen LogP contribution is 2.18. The first-order valence-electron chi connectivity index (χ1n) is 16.7. The molecule has 0 amide bonds. The molecule has 0 aliphatic heterocycles. The average Bonchev–Trinajstić information content (AvgIpc) is 3.04. The third-order valence-corrected chi connectivity index (χ3v) is 13.3. The molecule has 0 atom stereocenters. The summed E-state index contributed by atoms with van der Waals surface area (Å²) in [6, 6.07) is 31.2. The number of hydrogen-bond acceptors (Lipinski definition) is 2. The minimum atomic E-state index is -2.87. The minimum absolute atomic E-state index is 0.265. The number of unbranched alkanes of at least 4 members (excludes halogenated alkanes) is 15. The predicted molar refractivity (Wildman–Crippen MR) is 184 cm³/mol. The van der Waals surface area contributed by atoms with Crippen LogP contribution in [0.25, 0.3) is 0 Å². The van der Waals surface area contributed by atoms with Crippen molar-refractivity contribution in [3.63, 3.8) is 0 Å². The van der Waals surface area contributed by atoms with E-state index in [9.17, 15) is 4.79 Å². The fraction of sp³-hybridized carbons (Fsp3) is 0.462. The molecule has 3 aromatic carbocycles. The number of benzene rings is 3. The summed E-state index contributed by atoms with van der Waals surface area (Å²) in [5.74, 6) is -0.265. The number of carbonyl (C=O) groups excluding carboxylic acids is 1. The van der Waals surface area contributed by atoms with Crippen LogP contribution in [0.5, 0.6) is 0 Å². The Kier molecular flexibility index (Phi) is 16.1. The van der Waals surface area contributed by atoms with Gasteiger partial charge in [0.1, 0.15) is 0 Å². The zero-order valence-electron chi connectivity index (χ0n) is 26.2. The Balaban J connectivity index is 1.41. The van der Waals surface area contributed by atoms with E-state index in [1.165, 1.54) is 89.9 Å². The number of carbonyl (C=O) groups is 1. The van der Waals surface area contributed by atoms with Crippen LogP contribution in [0.1, 0.15) is 110 Å². The molecular weight excluding hydrogens is 529 g/mol. The van der Waals surface area contributed by atoms with Gasteiger partial charge in [-0.25, -0.2) is 4.79 Å². The van der Waals surface area contributed by atoms with Crippen LogP contribution in [0.4, 0.5) is 0 Å². The van der Waals surface area contributed by atoms with Crippen molar-refractivity contribution in [2.24, 2.45) is 0 Å². The molecule has 0 saturated carbocycles. The molecule has 0 bridgehead atoms. The van der Waals surface area contributed by atoms with Crippen LogP contribution in [0.2, 0.25) is 0 Å². The second-order valence-corrected chi connectivity index (χ2v) is 15.6. The van der Waals surface area contributed by atoms with Crippen molar-refractivity contribution in [1.29, 1.82) is 0 Å². The maximum Gasteiger partial charge on any atom is 0.330 e. The van der Waals surface area contributed by atoms with Gasteiger partial charge in [0.15, 0.2) is 8.07 Å².